The molecule has 0 saturated heterocycles. The standard InChI is InChI=1S/C2H2Br.Rf/c1-2-3;/h1H2;/q-1;. The van der Waals surface area contributed by atoms with Gasteiger partial charge in [0.05, 0.1) is 0 Å². The van der Waals surface area contributed by atoms with Crippen LogP contribution in [0.1, 0.15) is 0 Å². The van der Waals surface area contributed by atoms with Crippen molar-refractivity contribution < 1.29 is 0 Å². The molecule has 0 radical (unpaired) electrons. The van der Waals surface area contributed by atoms with Crippen molar-refractivity contribution in [3.63, 3.8) is 0 Å². The van der Waals surface area contributed by atoms with Gasteiger partial charge in [-0.15, -0.1) is 0 Å². The van der Waals surface area contributed by atoms with E-state index in [1.54, 1.807) is 0 Å². The van der Waals surface area contributed by atoms with Gasteiger partial charge in [-0.1, -0.05) is 0 Å². The first-order valence-corrected chi connectivity index (χ1v) is 1.34. The van der Waals surface area contributed by atoms with Gasteiger partial charge >= 0.3 is 0 Å². The van der Waals surface area contributed by atoms with Crippen LogP contribution in [0, 0.1) is 4.99 Å². The third-order valence-electron chi connectivity index (χ3n) is 0. The van der Waals surface area contributed by atoms with E-state index in [1.165, 1.54) is 0 Å². The van der Waals surface area contributed by atoms with Crippen LogP contribution in [0.5, 0.6) is 0 Å². The Hall–Kier alpha value is -0.780. The molecule has 0 N–H and O–H groups in total. The minimum Gasteiger partial charge on any atom is -0.430 e. The molecule has 0 aliphatic rings. The zero-order chi connectivity index (χ0) is 2.71. The molecule has 0 nitrogen and oxygen atoms in total. The van der Waals surface area contributed by atoms with Gasteiger partial charge in [-0.05, 0) is 0 Å². The number of halogens is 1. The second-order valence-electron chi connectivity index (χ2n) is 0.134. The van der Waals surface area contributed by atoms with Gasteiger partial charge in [-0.25, -0.2) is 0 Å². The smallest absolute Gasteiger partial charge is 0 e. The van der Waals surface area contributed by atoms with E-state index in [9.17, 15) is 0 Å². The normalized spacial score (nSPS) is 3.25. The Morgan fingerprint density at radius 1 is 1.75 bits per heavy atom. The third-order valence-corrected chi connectivity index (χ3v) is 0. The van der Waals surface area contributed by atoms with Gasteiger partial charge in [0.25, 0.3) is 0 Å². The van der Waals surface area contributed by atoms with Crippen LogP contribution in [0.3, 0.4) is 0 Å². The maximum Gasteiger partial charge on any atom is 0 e. The van der Waals surface area contributed by atoms with Crippen molar-refractivity contribution in [1.29, 1.82) is 0 Å². The molecule has 0 spiro atoms. The fourth-order valence-corrected chi connectivity index (χ4v) is 0. The zero-order valence-electron chi connectivity index (χ0n) is 2.29. The molecule has 0 aromatic carbocycles. The van der Waals surface area contributed by atoms with Gasteiger partial charge in [0, 0.05) is 0 Å². The van der Waals surface area contributed by atoms with Crippen LogP contribution in [0.25, 0.3) is 0 Å². The summed E-state index contributed by atoms with van der Waals surface area (Å²) in [6.07, 6.45) is 0. The van der Waals surface area contributed by atoms with Crippen LogP contribution in [-0.4, -0.2) is 0 Å². The van der Waals surface area contributed by atoms with Crippen molar-refractivity contribution in [2.24, 2.45) is 0 Å². The molecular weight excluding hydrogens is 371 g/mol. The van der Waals surface area contributed by atoms with Crippen LogP contribution < -0.4 is 0 Å². The van der Waals surface area contributed by atoms with E-state index in [-0.39, 0.29) is 0 Å². The Balaban J connectivity index is 0. The maximum absolute atomic E-state index is 3.15. The van der Waals surface area contributed by atoms with E-state index in [1.807, 2.05) is 0 Å². The Labute approximate surface area is 28.3 Å². The first-order valence-electron chi connectivity index (χ1n) is 0.543. The third kappa shape index (κ3) is 0.0971. The molecule has 20 valence electrons. The molecule has 0 saturated carbocycles. The first-order chi connectivity index (χ1) is 1.41. The average Bonchev–Trinajstić information content (AvgIpc) is 0.918. The Morgan fingerprint density at radius 2 is 1.75 bits per heavy atom. The summed E-state index contributed by atoms with van der Waals surface area (Å²) in [4.78, 5) is 2.31. The second kappa shape index (κ2) is 68.3. The van der Waals surface area contributed by atoms with Crippen LogP contribution >= 0.6 is 15.9 Å². The summed E-state index contributed by atoms with van der Waals surface area (Å²) in [5.74, 6) is 0. The molecule has 2 heteroatoms. The second-order valence-corrected chi connectivity index (χ2v) is 0.694. The van der Waals surface area contributed by atoms with E-state index in [4.69, 9.17) is 0 Å². The summed E-state index contributed by atoms with van der Waals surface area (Å²) in [6, 6.07) is 0. The Morgan fingerprint density at radius 3 is 1.75 bits per heavy atom. The molecule has 0 unspecified atom stereocenters. The van der Waals surface area contributed by atoms with E-state index in [0.717, 1.165) is 0 Å². The molecule has 0 atom stereocenters. The summed E-state index contributed by atoms with van der Waals surface area (Å²) in [6.45, 7) is 3.15. The van der Waals surface area contributed by atoms with Crippen LogP contribution in [0.15, 0.2) is 6.58 Å². The maximum atomic E-state index is 3.15. The number of hydrogen-bond acceptors (Lipinski definition) is 0. The minimum absolute atomic E-state index is 0. The van der Waals surface area contributed by atoms with Gasteiger partial charge in [-0.2, -0.15) is 0 Å². The summed E-state index contributed by atoms with van der Waals surface area (Å²) in [7, 11) is 0. The van der Waals surface area contributed by atoms with Gasteiger partial charge in [0.15, 0.2) is 0 Å². The molecule has 0 heterocycles. The largest absolute Gasteiger partial charge is 0.430 e. The minimum atomic E-state index is 0. The molecule has 0 amide bonds. The topological polar surface area (TPSA) is 0 Å². The Bertz CT molecular complexity index is 13.5. The zero-order valence-corrected chi connectivity index (χ0v) is 10.3. The van der Waals surface area contributed by atoms with E-state index in [2.05, 4.69) is 27.5 Å². The van der Waals surface area contributed by atoms with Gasteiger partial charge < -0.3 is 20.9 Å². The first kappa shape index (κ1) is 10.7. The fourth-order valence-electron chi connectivity index (χ4n) is 0. The molecule has 0 aromatic heterocycles. The number of rotatable bonds is 0. The van der Waals surface area contributed by atoms with Crippen molar-refractivity contribution in [2.75, 3.05) is 0 Å². The van der Waals surface area contributed by atoms with Crippen LogP contribution in [-0.2, 0) is 0 Å². The quantitative estimate of drug-likeness (QED) is 0.563. The van der Waals surface area contributed by atoms with Crippen molar-refractivity contribution in [3.05, 3.63) is 11.6 Å². The van der Waals surface area contributed by atoms with E-state index >= 15 is 0 Å². The van der Waals surface area contributed by atoms with Gasteiger partial charge in [-0.3, -0.25) is 6.58 Å². The Kier molecular flexibility index (Phi) is 182. The molecular formula is C2H2BrRf-. The molecule has 4 heavy (non-hydrogen) atoms. The molecule has 0 bridgehead atoms. The van der Waals surface area contributed by atoms with Crippen molar-refractivity contribution in [1.82, 2.24) is 0 Å². The molecule has 0 fully saturated rings. The van der Waals surface area contributed by atoms with E-state index < -0.39 is 0 Å². The predicted octanol–water partition coefficient (Wildman–Crippen LogP) is 1.33. The summed E-state index contributed by atoms with van der Waals surface area (Å²) >= 11 is 2.78. The summed E-state index contributed by atoms with van der Waals surface area (Å²) < 4.78 is 0. The SMILES string of the molecule is C=[C-]Br.[Rf]. The van der Waals surface area contributed by atoms with Crippen molar-refractivity contribution in [3.8, 4) is 0 Å². The molecule has 0 aliphatic carbocycles. The van der Waals surface area contributed by atoms with Crippen LogP contribution in [0.4, 0.5) is 0 Å². The monoisotopic (exact) mass is 372 g/mol. The fraction of sp³-hybridized carbons (Fsp3) is 0. The number of hydrogen-bond donors (Lipinski definition) is 0. The van der Waals surface area contributed by atoms with E-state index in [0.29, 0.717) is 0 Å². The van der Waals surface area contributed by atoms with Crippen molar-refractivity contribution >= 4 is 15.9 Å². The summed E-state index contributed by atoms with van der Waals surface area (Å²) in [5.41, 5.74) is 0. The van der Waals surface area contributed by atoms with Gasteiger partial charge in [0.1, 0.15) is 0 Å². The molecule has 0 aliphatic heterocycles. The predicted molar refractivity (Wildman–Crippen MR) is 17.8 cm³/mol. The average molecular weight is 373 g/mol. The van der Waals surface area contributed by atoms with Crippen molar-refractivity contribution in [2.45, 2.75) is 0 Å². The van der Waals surface area contributed by atoms with Crippen LogP contribution in [0.2, 0.25) is 0 Å². The summed E-state index contributed by atoms with van der Waals surface area (Å²) in [5, 5.41) is 0. The van der Waals surface area contributed by atoms with Gasteiger partial charge in [0.2, 0.25) is 0 Å². The molecule has 0 aromatic rings. The molecule has 0 rings (SSSR count).